The first-order valence-corrected chi connectivity index (χ1v) is 4.77. The fraction of sp³-hybridized carbons (Fsp3) is 0.250. The Morgan fingerprint density at radius 3 is 2.69 bits per heavy atom. The number of nitrogens with two attached hydrogens (primary N) is 1. The maximum absolute atomic E-state index is 9.44. The second-order valence-electron chi connectivity index (χ2n) is 2.61. The molecule has 1 rings (SSSR count). The zero-order chi connectivity index (χ0) is 10.0. The second-order valence-corrected chi connectivity index (χ2v) is 3.88. The van der Waals surface area contributed by atoms with Gasteiger partial charge in [0.05, 0.1) is 17.7 Å². The summed E-state index contributed by atoms with van der Waals surface area (Å²) < 4.78 is 0.598. The van der Waals surface area contributed by atoms with Crippen LogP contribution in [0.4, 0.5) is 0 Å². The van der Waals surface area contributed by atoms with E-state index in [1.807, 2.05) is 0 Å². The number of rotatable bonds is 2. The highest BCUT2D eigenvalue weighted by Gasteiger charge is 2.12. The quantitative estimate of drug-likeness (QED) is 0.765. The summed E-state index contributed by atoms with van der Waals surface area (Å²) >= 11 is 8.95. The van der Waals surface area contributed by atoms with Crippen molar-refractivity contribution in [3.63, 3.8) is 0 Å². The Morgan fingerprint density at radius 1 is 1.54 bits per heavy atom. The Hall–Kier alpha value is -0.290. The van der Waals surface area contributed by atoms with Crippen LogP contribution in [-0.2, 0) is 0 Å². The van der Waals surface area contributed by atoms with Gasteiger partial charge in [-0.05, 0) is 28.1 Å². The minimum Gasteiger partial charge on any atom is -0.508 e. The van der Waals surface area contributed by atoms with Crippen LogP contribution < -0.4 is 5.73 Å². The van der Waals surface area contributed by atoms with Crippen LogP contribution in [0.3, 0.4) is 0 Å². The summed E-state index contributed by atoms with van der Waals surface area (Å²) in [5.74, 6) is 0.0258. The minimum atomic E-state index is -0.606. The van der Waals surface area contributed by atoms with Crippen LogP contribution in [0.5, 0.6) is 5.75 Å². The number of aliphatic hydroxyl groups excluding tert-OH is 1. The number of aliphatic hydroxyl groups is 1. The second kappa shape index (κ2) is 4.28. The molecule has 0 aromatic heterocycles. The van der Waals surface area contributed by atoms with Crippen molar-refractivity contribution >= 4 is 27.5 Å². The van der Waals surface area contributed by atoms with Gasteiger partial charge in [-0.25, -0.2) is 0 Å². The maximum Gasteiger partial charge on any atom is 0.121 e. The van der Waals surface area contributed by atoms with Crippen LogP contribution in [0.15, 0.2) is 16.6 Å². The summed E-state index contributed by atoms with van der Waals surface area (Å²) in [4.78, 5) is 0. The molecule has 72 valence electrons. The molecule has 0 aliphatic carbocycles. The average Bonchev–Trinajstić information content (AvgIpc) is 2.10. The molecule has 0 saturated heterocycles. The van der Waals surface area contributed by atoms with E-state index in [0.717, 1.165) is 0 Å². The Kier molecular flexibility index (Phi) is 3.55. The Bertz CT molecular complexity index is 319. The van der Waals surface area contributed by atoms with Crippen molar-refractivity contribution in [3.8, 4) is 5.75 Å². The number of hydrogen-bond acceptors (Lipinski definition) is 3. The summed E-state index contributed by atoms with van der Waals surface area (Å²) in [7, 11) is 0. The van der Waals surface area contributed by atoms with E-state index >= 15 is 0 Å². The van der Waals surface area contributed by atoms with E-state index < -0.39 is 6.04 Å². The molecule has 5 heteroatoms. The number of halogens is 2. The molecular weight excluding hydrogens is 257 g/mol. The number of hydrogen-bond donors (Lipinski definition) is 3. The molecule has 0 aliphatic rings. The summed E-state index contributed by atoms with van der Waals surface area (Å²) in [6, 6.07) is 2.38. The van der Waals surface area contributed by atoms with Crippen LogP contribution in [0, 0.1) is 0 Å². The smallest absolute Gasteiger partial charge is 0.121 e. The van der Waals surface area contributed by atoms with Crippen LogP contribution >= 0.6 is 27.5 Å². The van der Waals surface area contributed by atoms with Crippen molar-refractivity contribution in [2.45, 2.75) is 6.04 Å². The normalized spacial score (nSPS) is 12.9. The third-order valence-electron chi connectivity index (χ3n) is 1.67. The first-order valence-electron chi connectivity index (χ1n) is 3.60. The zero-order valence-electron chi connectivity index (χ0n) is 6.67. The SMILES string of the molecule is N[C@H](CO)c1cc(Cl)c(Br)cc1O. The molecule has 3 nitrogen and oxygen atoms in total. The molecule has 0 heterocycles. The predicted molar refractivity (Wildman–Crippen MR) is 54.8 cm³/mol. The van der Waals surface area contributed by atoms with Crippen molar-refractivity contribution in [2.75, 3.05) is 6.61 Å². The number of phenolic OH excluding ortho intramolecular Hbond substituents is 1. The van der Waals surface area contributed by atoms with E-state index in [4.69, 9.17) is 22.4 Å². The van der Waals surface area contributed by atoms with E-state index in [-0.39, 0.29) is 12.4 Å². The van der Waals surface area contributed by atoms with E-state index in [1.54, 1.807) is 0 Å². The van der Waals surface area contributed by atoms with E-state index in [0.29, 0.717) is 15.1 Å². The van der Waals surface area contributed by atoms with Crippen LogP contribution in [0.2, 0.25) is 5.02 Å². The molecule has 0 radical (unpaired) electrons. The van der Waals surface area contributed by atoms with Crippen molar-refractivity contribution < 1.29 is 10.2 Å². The lowest BCUT2D eigenvalue weighted by Gasteiger charge is -2.11. The van der Waals surface area contributed by atoms with Gasteiger partial charge >= 0.3 is 0 Å². The van der Waals surface area contributed by atoms with Crippen molar-refractivity contribution in [1.82, 2.24) is 0 Å². The van der Waals surface area contributed by atoms with Gasteiger partial charge in [0, 0.05) is 10.0 Å². The maximum atomic E-state index is 9.44. The average molecular weight is 267 g/mol. The summed E-state index contributed by atoms with van der Waals surface area (Å²) in [5.41, 5.74) is 5.97. The lowest BCUT2D eigenvalue weighted by molar-refractivity contribution is 0.265. The summed E-state index contributed by atoms with van der Waals surface area (Å²) in [5, 5.41) is 18.7. The molecule has 0 amide bonds. The topological polar surface area (TPSA) is 66.5 Å². The van der Waals surface area contributed by atoms with Crippen LogP contribution in [0.25, 0.3) is 0 Å². The monoisotopic (exact) mass is 265 g/mol. The molecule has 0 spiro atoms. The first-order chi connectivity index (χ1) is 6.06. The molecule has 4 N–H and O–H groups in total. The highest BCUT2D eigenvalue weighted by molar-refractivity contribution is 9.10. The molecule has 1 aromatic carbocycles. The summed E-state index contributed by atoms with van der Waals surface area (Å²) in [6.07, 6.45) is 0. The molecular formula is C8H9BrClNO2. The van der Waals surface area contributed by atoms with Crippen LogP contribution in [0.1, 0.15) is 11.6 Å². The number of phenols is 1. The Labute approximate surface area is 89.3 Å². The molecule has 0 aliphatic heterocycles. The molecule has 0 fully saturated rings. The van der Waals surface area contributed by atoms with Gasteiger partial charge < -0.3 is 15.9 Å². The number of aromatic hydroxyl groups is 1. The van der Waals surface area contributed by atoms with Crippen molar-refractivity contribution in [3.05, 3.63) is 27.2 Å². The Morgan fingerprint density at radius 2 is 2.15 bits per heavy atom. The van der Waals surface area contributed by atoms with Gasteiger partial charge in [-0.1, -0.05) is 11.6 Å². The molecule has 13 heavy (non-hydrogen) atoms. The standard InChI is InChI=1S/C8H9BrClNO2/c9-5-2-8(13)4(1-6(5)10)7(11)3-12/h1-2,7,12-13H,3,11H2/t7-/m1/s1. The highest BCUT2D eigenvalue weighted by atomic mass is 79.9. The van der Waals surface area contributed by atoms with E-state index in [2.05, 4.69) is 15.9 Å². The van der Waals surface area contributed by atoms with Gasteiger partial charge in [-0.15, -0.1) is 0 Å². The molecule has 0 unspecified atom stereocenters. The molecule has 0 saturated carbocycles. The minimum absolute atomic E-state index is 0.0258. The lowest BCUT2D eigenvalue weighted by atomic mass is 10.1. The van der Waals surface area contributed by atoms with Gasteiger partial charge in [0.1, 0.15) is 5.75 Å². The van der Waals surface area contributed by atoms with Crippen molar-refractivity contribution in [2.24, 2.45) is 5.73 Å². The largest absolute Gasteiger partial charge is 0.508 e. The highest BCUT2D eigenvalue weighted by Crippen LogP contribution is 2.32. The van der Waals surface area contributed by atoms with Gasteiger partial charge in [0.15, 0.2) is 0 Å². The molecule has 1 atom stereocenters. The molecule has 0 bridgehead atoms. The fourth-order valence-corrected chi connectivity index (χ4v) is 1.45. The van der Waals surface area contributed by atoms with Crippen molar-refractivity contribution in [1.29, 1.82) is 0 Å². The van der Waals surface area contributed by atoms with Gasteiger partial charge in [-0.3, -0.25) is 0 Å². The predicted octanol–water partition coefficient (Wildman–Crippen LogP) is 1.80. The van der Waals surface area contributed by atoms with E-state index in [1.165, 1.54) is 12.1 Å². The van der Waals surface area contributed by atoms with Crippen LogP contribution in [-0.4, -0.2) is 16.8 Å². The number of benzene rings is 1. The van der Waals surface area contributed by atoms with E-state index in [9.17, 15) is 5.11 Å². The fourth-order valence-electron chi connectivity index (χ4n) is 0.947. The van der Waals surface area contributed by atoms with Gasteiger partial charge in [-0.2, -0.15) is 0 Å². The lowest BCUT2D eigenvalue weighted by Crippen LogP contribution is -2.14. The van der Waals surface area contributed by atoms with Gasteiger partial charge in [0.2, 0.25) is 0 Å². The van der Waals surface area contributed by atoms with Gasteiger partial charge in [0.25, 0.3) is 0 Å². The first kappa shape index (κ1) is 10.8. The zero-order valence-corrected chi connectivity index (χ0v) is 9.01. The molecule has 1 aromatic rings. The summed E-state index contributed by atoms with van der Waals surface area (Å²) in [6.45, 7) is -0.231. The third-order valence-corrected chi connectivity index (χ3v) is 2.86. The third kappa shape index (κ3) is 2.34. The Balaban J connectivity index is 3.15.